The second-order valence-corrected chi connectivity index (χ2v) is 19.8. The molecule has 0 radical (unpaired) electrons. The SMILES string of the molecule is CC/C=C\C/C=C\C/C=C\C/C=C\CCCCC(=O)OC(COC(=O)CCCCCCCC/C=C\C/C=C\C/C=C\CCCCC)COP(=O)(O)OCC(CO)OC(=O)CCCCC/C=C\C/C=C\C/C=C\CC. The minimum Gasteiger partial charge on any atom is -0.462 e. The Balaban J connectivity index is 4.84. The van der Waals surface area contributed by atoms with Crippen molar-refractivity contribution < 1.29 is 52.2 Å². The minimum atomic E-state index is -4.78. The Bertz CT molecular complexity index is 1700. The van der Waals surface area contributed by atoms with E-state index >= 15 is 0 Å². The average molecular weight is 1050 g/mol. The monoisotopic (exact) mass is 1050 g/mol. The van der Waals surface area contributed by atoms with Crippen LogP contribution in [-0.2, 0) is 42.2 Å². The second kappa shape index (κ2) is 55.1. The number of rotatable bonds is 51. The summed E-state index contributed by atoms with van der Waals surface area (Å²) in [6.07, 6.45) is 67.4. The smallest absolute Gasteiger partial charge is 0.462 e. The van der Waals surface area contributed by atoms with Gasteiger partial charge in [-0.1, -0.05) is 187 Å². The van der Waals surface area contributed by atoms with E-state index in [1.807, 2.05) is 0 Å². The number of esters is 3. The zero-order chi connectivity index (χ0) is 54.1. The number of aliphatic hydroxyl groups is 1. The van der Waals surface area contributed by atoms with Gasteiger partial charge in [-0.25, -0.2) is 4.57 Å². The van der Waals surface area contributed by atoms with E-state index in [1.165, 1.54) is 25.7 Å². The Hall–Kier alpha value is -4.12. The number of ether oxygens (including phenoxy) is 3. The number of carbonyl (C=O) groups is 3. The lowest BCUT2D eigenvalue weighted by molar-refractivity contribution is -0.161. The maximum atomic E-state index is 12.9. The first-order chi connectivity index (χ1) is 36.2. The summed E-state index contributed by atoms with van der Waals surface area (Å²) in [5.74, 6) is -1.57. The van der Waals surface area contributed by atoms with Crippen LogP contribution in [0.25, 0.3) is 0 Å². The molecule has 0 rings (SSSR count). The topological polar surface area (TPSA) is 155 Å². The van der Waals surface area contributed by atoms with Crippen LogP contribution in [0, 0.1) is 0 Å². The molecule has 0 aromatic carbocycles. The lowest BCUT2D eigenvalue weighted by atomic mass is 10.1. The van der Waals surface area contributed by atoms with E-state index in [9.17, 15) is 28.9 Å². The third-order valence-electron chi connectivity index (χ3n) is 11.3. The lowest BCUT2D eigenvalue weighted by Gasteiger charge is -2.21. The summed E-state index contributed by atoms with van der Waals surface area (Å²) in [5.41, 5.74) is 0. The van der Waals surface area contributed by atoms with Crippen LogP contribution in [0.3, 0.4) is 0 Å². The van der Waals surface area contributed by atoms with Gasteiger partial charge in [0, 0.05) is 19.3 Å². The van der Waals surface area contributed by atoms with Gasteiger partial charge in [0.25, 0.3) is 0 Å². The summed E-state index contributed by atoms with van der Waals surface area (Å²) in [5, 5.41) is 9.80. The second-order valence-electron chi connectivity index (χ2n) is 18.3. The summed E-state index contributed by atoms with van der Waals surface area (Å²) in [6, 6.07) is 0. The average Bonchev–Trinajstić information content (AvgIpc) is 3.39. The Morgan fingerprint density at radius 2 is 0.703 bits per heavy atom. The van der Waals surface area contributed by atoms with Crippen LogP contribution in [-0.4, -0.2) is 66.5 Å². The molecule has 12 heteroatoms. The van der Waals surface area contributed by atoms with Gasteiger partial charge >= 0.3 is 25.7 Å². The molecule has 0 aliphatic rings. The lowest BCUT2D eigenvalue weighted by Crippen LogP contribution is -2.30. The van der Waals surface area contributed by atoms with Gasteiger partial charge in [0.05, 0.1) is 19.8 Å². The largest absolute Gasteiger partial charge is 0.472 e. The molecule has 3 atom stereocenters. The zero-order valence-electron chi connectivity index (χ0n) is 46.3. The molecule has 0 aromatic rings. The third kappa shape index (κ3) is 52.7. The molecule has 0 bridgehead atoms. The van der Waals surface area contributed by atoms with Crippen LogP contribution >= 0.6 is 7.82 Å². The number of allylic oxidation sites excluding steroid dienone is 20. The van der Waals surface area contributed by atoms with Crippen molar-refractivity contribution in [2.75, 3.05) is 26.4 Å². The molecule has 0 fully saturated rings. The summed E-state index contributed by atoms with van der Waals surface area (Å²) in [6.45, 7) is 4.27. The number of carbonyl (C=O) groups excluding carboxylic acids is 3. The summed E-state index contributed by atoms with van der Waals surface area (Å²) in [4.78, 5) is 48.5. The number of unbranched alkanes of at least 4 members (excludes halogenated alkanes) is 14. The Labute approximate surface area is 449 Å². The highest BCUT2D eigenvalue weighted by Crippen LogP contribution is 2.43. The molecule has 3 unspecified atom stereocenters. The fraction of sp³-hybridized carbons (Fsp3) is 0.629. The van der Waals surface area contributed by atoms with E-state index < -0.39 is 57.8 Å². The zero-order valence-corrected chi connectivity index (χ0v) is 47.2. The molecule has 0 aromatic heterocycles. The predicted molar refractivity (Wildman–Crippen MR) is 306 cm³/mol. The maximum Gasteiger partial charge on any atom is 0.472 e. The van der Waals surface area contributed by atoms with Crippen LogP contribution in [0.1, 0.15) is 213 Å². The minimum absolute atomic E-state index is 0.103. The number of phosphoric ester groups is 1. The molecule has 74 heavy (non-hydrogen) atoms. The van der Waals surface area contributed by atoms with Crippen LogP contribution in [0.2, 0.25) is 0 Å². The number of hydrogen-bond acceptors (Lipinski definition) is 10. The van der Waals surface area contributed by atoms with Crippen molar-refractivity contribution in [3.05, 3.63) is 122 Å². The summed E-state index contributed by atoms with van der Waals surface area (Å²) < 4.78 is 39.4. The van der Waals surface area contributed by atoms with Crippen molar-refractivity contribution >= 4 is 25.7 Å². The van der Waals surface area contributed by atoms with Crippen molar-refractivity contribution in [3.63, 3.8) is 0 Å². The van der Waals surface area contributed by atoms with E-state index in [1.54, 1.807) is 0 Å². The highest BCUT2D eigenvalue weighted by molar-refractivity contribution is 7.47. The number of aliphatic hydroxyl groups excluding tert-OH is 1. The summed E-state index contributed by atoms with van der Waals surface area (Å²) >= 11 is 0. The van der Waals surface area contributed by atoms with E-state index in [0.29, 0.717) is 19.3 Å². The van der Waals surface area contributed by atoms with Crippen LogP contribution in [0.15, 0.2) is 122 Å². The molecule has 0 saturated heterocycles. The molecule has 0 spiro atoms. The van der Waals surface area contributed by atoms with Gasteiger partial charge in [-0.05, 0) is 128 Å². The molecule has 2 N–H and O–H groups in total. The van der Waals surface area contributed by atoms with Crippen LogP contribution < -0.4 is 0 Å². The van der Waals surface area contributed by atoms with Crippen molar-refractivity contribution in [3.8, 4) is 0 Å². The Kier molecular flexibility index (Phi) is 52.1. The first-order valence-electron chi connectivity index (χ1n) is 28.4. The molecular formula is C62H101O11P. The van der Waals surface area contributed by atoms with Gasteiger partial charge in [-0.15, -0.1) is 0 Å². The third-order valence-corrected chi connectivity index (χ3v) is 12.3. The normalized spacial score (nSPS) is 14.3. The molecule has 0 saturated carbocycles. The van der Waals surface area contributed by atoms with Gasteiger partial charge in [0.1, 0.15) is 12.7 Å². The molecule has 0 aliphatic heterocycles. The number of phosphoric acid groups is 1. The quantitative estimate of drug-likeness (QED) is 0.0197. The highest BCUT2D eigenvalue weighted by Gasteiger charge is 2.28. The molecule has 0 aliphatic carbocycles. The first-order valence-corrected chi connectivity index (χ1v) is 29.9. The van der Waals surface area contributed by atoms with Crippen LogP contribution in [0.5, 0.6) is 0 Å². The standard InChI is InChI=1S/C62H101O11P/c1-4-7-10-13-16-19-22-25-27-28-29-30-32-34-36-39-42-45-48-51-60(64)69-55-59(73-62(66)53-50-47-44-41-38-35-31-26-23-20-17-14-11-8-5-2)57-71-74(67,68)70-56-58(54-63)72-61(65)52-49-46-43-40-37-33-24-21-18-15-12-9-6-3/h8-9,11-12,16-21,25-27,29-31,33,37-38,41,58-59,63H,4-7,10,13-15,22-24,28,32,34-36,39-40,42-57H2,1-3H3,(H,67,68)/b11-8-,12-9-,19-16-,20-17-,21-18-,27-25-,30-29-,31-26-,37-33-,41-38-. The molecule has 11 nitrogen and oxygen atoms in total. The van der Waals surface area contributed by atoms with Gasteiger partial charge in [-0.3, -0.25) is 23.4 Å². The fourth-order valence-corrected chi connectivity index (χ4v) is 7.86. The Morgan fingerprint density at radius 3 is 1.12 bits per heavy atom. The van der Waals surface area contributed by atoms with Crippen molar-refractivity contribution in [2.45, 2.75) is 226 Å². The van der Waals surface area contributed by atoms with Crippen molar-refractivity contribution in [1.82, 2.24) is 0 Å². The van der Waals surface area contributed by atoms with Gasteiger partial charge < -0.3 is 24.2 Å². The van der Waals surface area contributed by atoms with Gasteiger partial charge in [0.15, 0.2) is 6.10 Å². The Morgan fingerprint density at radius 1 is 0.392 bits per heavy atom. The molecule has 0 heterocycles. The van der Waals surface area contributed by atoms with Crippen molar-refractivity contribution in [1.29, 1.82) is 0 Å². The fourth-order valence-electron chi connectivity index (χ4n) is 7.07. The van der Waals surface area contributed by atoms with E-state index in [-0.39, 0.29) is 25.9 Å². The van der Waals surface area contributed by atoms with E-state index in [2.05, 4.69) is 142 Å². The molecule has 420 valence electrons. The van der Waals surface area contributed by atoms with Gasteiger partial charge in [0.2, 0.25) is 0 Å². The highest BCUT2D eigenvalue weighted by atomic mass is 31.2. The summed E-state index contributed by atoms with van der Waals surface area (Å²) in [7, 11) is -4.78. The van der Waals surface area contributed by atoms with E-state index in [4.69, 9.17) is 23.3 Å². The van der Waals surface area contributed by atoms with Crippen molar-refractivity contribution in [2.24, 2.45) is 0 Å². The maximum absolute atomic E-state index is 12.9. The van der Waals surface area contributed by atoms with E-state index in [0.717, 1.165) is 128 Å². The predicted octanol–water partition coefficient (Wildman–Crippen LogP) is 16.8. The first kappa shape index (κ1) is 69.9. The van der Waals surface area contributed by atoms with Crippen LogP contribution in [0.4, 0.5) is 0 Å². The van der Waals surface area contributed by atoms with Gasteiger partial charge in [-0.2, -0.15) is 0 Å². The number of hydrogen-bond donors (Lipinski definition) is 2. The molecular weight excluding hydrogens is 952 g/mol. The molecule has 0 amide bonds.